The molecular weight excluding hydrogens is 383 g/mol. The maximum atomic E-state index is 13.9. The summed E-state index contributed by atoms with van der Waals surface area (Å²) in [5, 5.41) is 2.76. The molecule has 0 bridgehead atoms. The summed E-state index contributed by atoms with van der Waals surface area (Å²) < 4.78 is 46.5. The summed E-state index contributed by atoms with van der Waals surface area (Å²) in [6, 6.07) is 5.75. The van der Waals surface area contributed by atoms with Crippen molar-refractivity contribution in [1.29, 1.82) is 0 Å². The van der Waals surface area contributed by atoms with Gasteiger partial charge in [0.2, 0.25) is 11.9 Å². The zero-order valence-corrected chi connectivity index (χ0v) is 16.0. The van der Waals surface area contributed by atoms with E-state index in [2.05, 4.69) is 10.3 Å². The first-order valence-electron chi connectivity index (χ1n) is 9.32. The molecule has 29 heavy (non-hydrogen) atoms. The lowest BCUT2D eigenvalue weighted by atomic mass is 10.0. The molecule has 2 atom stereocenters. The van der Waals surface area contributed by atoms with Crippen LogP contribution >= 0.6 is 0 Å². The second-order valence-corrected chi connectivity index (χ2v) is 7.32. The highest BCUT2D eigenvalue weighted by Crippen LogP contribution is 2.40. The molecule has 2 heterocycles. The van der Waals surface area contributed by atoms with E-state index in [4.69, 9.17) is 4.74 Å². The van der Waals surface area contributed by atoms with E-state index in [0.29, 0.717) is 29.7 Å². The van der Waals surface area contributed by atoms with Crippen molar-refractivity contribution in [3.8, 4) is 5.75 Å². The Hall–Kier alpha value is -3.03. The molecule has 5 nitrogen and oxygen atoms in total. The highest BCUT2D eigenvalue weighted by Gasteiger charge is 2.41. The first kappa shape index (κ1) is 19.3. The number of fused-ring (bicyclic) bond motifs is 1. The van der Waals surface area contributed by atoms with Crippen molar-refractivity contribution in [2.24, 2.45) is 4.99 Å². The monoisotopic (exact) mass is 403 g/mol. The van der Waals surface area contributed by atoms with Gasteiger partial charge in [-0.05, 0) is 49.1 Å². The second kappa shape index (κ2) is 7.42. The number of guanidine groups is 1. The van der Waals surface area contributed by atoms with Crippen molar-refractivity contribution >= 4 is 17.6 Å². The minimum atomic E-state index is -0.651. The number of aryl methyl sites for hydroxylation is 1. The van der Waals surface area contributed by atoms with Crippen LogP contribution in [0.2, 0.25) is 0 Å². The van der Waals surface area contributed by atoms with E-state index in [9.17, 15) is 18.0 Å². The minimum absolute atomic E-state index is 0.0406. The molecule has 8 heteroatoms. The third kappa shape index (κ3) is 3.66. The number of hydrogen-bond donors (Lipinski definition) is 1. The van der Waals surface area contributed by atoms with Crippen LogP contribution in [-0.2, 0) is 4.79 Å². The first-order chi connectivity index (χ1) is 13.9. The number of ether oxygens (including phenoxy) is 1. The SMILES string of the molecule is COc1cc(N=C2NC(=O)CC3CCC(c4cc(F)cc(F)c4)N23)c(C)cc1F. The molecule has 2 fully saturated rings. The number of methoxy groups -OCH3 is 1. The van der Waals surface area contributed by atoms with Crippen LogP contribution in [0.4, 0.5) is 18.9 Å². The summed E-state index contributed by atoms with van der Waals surface area (Å²) in [5.41, 5.74) is 1.50. The third-order valence-electron chi connectivity index (χ3n) is 5.39. The van der Waals surface area contributed by atoms with E-state index in [1.54, 1.807) is 6.92 Å². The average molecular weight is 403 g/mol. The van der Waals surface area contributed by atoms with Crippen LogP contribution in [0.15, 0.2) is 35.3 Å². The second-order valence-electron chi connectivity index (χ2n) is 7.32. The first-order valence-corrected chi connectivity index (χ1v) is 9.32. The van der Waals surface area contributed by atoms with Gasteiger partial charge in [0, 0.05) is 24.6 Å². The molecule has 152 valence electrons. The maximum absolute atomic E-state index is 13.9. The summed E-state index contributed by atoms with van der Waals surface area (Å²) in [6.45, 7) is 1.70. The number of halogens is 3. The van der Waals surface area contributed by atoms with Crippen molar-refractivity contribution in [1.82, 2.24) is 10.2 Å². The van der Waals surface area contributed by atoms with Crippen molar-refractivity contribution in [3.05, 3.63) is 58.9 Å². The molecule has 1 amide bonds. The van der Waals surface area contributed by atoms with Crippen LogP contribution < -0.4 is 10.1 Å². The standard InChI is InChI=1S/C21H20F3N3O2/c1-11-5-16(24)19(29-2)10-17(11)25-21-26-20(28)9-15-3-4-18(27(15)21)12-6-13(22)8-14(23)7-12/h5-8,10,15,18H,3-4,9H2,1-2H3,(H,25,26,28). The predicted octanol–water partition coefficient (Wildman–Crippen LogP) is 4.13. The van der Waals surface area contributed by atoms with E-state index in [-0.39, 0.29) is 36.1 Å². The van der Waals surface area contributed by atoms with Gasteiger partial charge >= 0.3 is 0 Å². The van der Waals surface area contributed by atoms with E-state index in [1.165, 1.54) is 31.4 Å². The molecule has 2 aliphatic heterocycles. The Morgan fingerprint density at radius 2 is 1.83 bits per heavy atom. The highest BCUT2D eigenvalue weighted by atomic mass is 19.1. The van der Waals surface area contributed by atoms with Gasteiger partial charge in [0.25, 0.3) is 0 Å². The maximum Gasteiger partial charge on any atom is 0.228 e. The summed E-state index contributed by atoms with van der Waals surface area (Å²) >= 11 is 0. The molecule has 0 saturated carbocycles. The smallest absolute Gasteiger partial charge is 0.228 e. The predicted molar refractivity (Wildman–Crippen MR) is 102 cm³/mol. The Morgan fingerprint density at radius 3 is 2.52 bits per heavy atom. The van der Waals surface area contributed by atoms with E-state index >= 15 is 0 Å². The number of hydrogen-bond acceptors (Lipinski definition) is 3. The molecular formula is C21H20F3N3O2. The van der Waals surface area contributed by atoms with Crippen LogP contribution in [0, 0.1) is 24.4 Å². The largest absolute Gasteiger partial charge is 0.494 e. The van der Waals surface area contributed by atoms with Crippen molar-refractivity contribution in [2.45, 2.75) is 38.3 Å². The van der Waals surface area contributed by atoms with Crippen LogP contribution in [0.5, 0.6) is 5.75 Å². The lowest BCUT2D eigenvalue weighted by Gasteiger charge is -2.37. The molecule has 0 aromatic heterocycles. The third-order valence-corrected chi connectivity index (χ3v) is 5.39. The Labute approximate surface area is 166 Å². The van der Waals surface area contributed by atoms with Gasteiger partial charge in [-0.3, -0.25) is 10.1 Å². The number of carbonyl (C=O) groups is 1. The van der Waals surface area contributed by atoms with Crippen molar-refractivity contribution in [3.63, 3.8) is 0 Å². The highest BCUT2D eigenvalue weighted by molar-refractivity contribution is 6.01. The topological polar surface area (TPSA) is 53.9 Å². The molecule has 0 spiro atoms. The molecule has 0 aliphatic carbocycles. The molecule has 2 unspecified atom stereocenters. The van der Waals surface area contributed by atoms with Crippen molar-refractivity contribution in [2.75, 3.05) is 7.11 Å². The Bertz CT molecular complexity index is 989. The fraction of sp³-hybridized carbons (Fsp3) is 0.333. The Balaban J connectivity index is 1.77. The Morgan fingerprint density at radius 1 is 1.10 bits per heavy atom. The molecule has 1 N–H and O–H groups in total. The zero-order chi connectivity index (χ0) is 20.7. The number of aliphatic imine (C=N–C) groups is 1. The fourth-order valence-corrected chi connectivity index (χ4v) is 4.07. The summed E-state index contributed by atoms with van der Waals surface area (Å²) in [7, 11) is 1.36. The molecule has 4 rings (SSSR count). The van der Waals surface area contributed by atoms with Crippen molar-refractivity contribution < 1.29 is 22.7 Å². The summed E-state index contributed by atoms with van der Waals surface area (Å²) in [4.78, 5) is 18.6. The number of benzene rings is 2. The summed E-state index contributed by atoms with van der Waals surface area (Å²) in [6.07, 6.45) is 1.60. The zero-order valence-electron chi connectivity index (χ0n) is 16.0. The van der Waals surface area contributed by atoms with Gasteiger partial charge in [0.1, 0.15) is 11.6 Å². The van der Waals surface area contributed by atoms with Gasteiger partial charge in [-0.2, -0.15) is 0 Å². The van der Waals surface area contributed by atoms with Crippen LogP contribution in [0.1, 0.15) is 36.4 Å². The van der Waals surface area contributed by atoms with E-state index in [0.717, 1.165) is 6.07 Å². The van der Waals surface area contributed by atoms with Crippen LogP contribution in [-0.4, -0.2) is 29.9 Å². The molecule has 2 saturated heterocycles. The quantitative estimate of drug-likeness (QED) is 0.838. The molecule has 0 radical (unpaired) electrons. The van der Waals surface area contributed by atoms with Gasteiger partial charge in [0.05, 0.1) is 18.8 Å². The average Bonchev–Trinajstić information content (AvgIpc) is 3.07. The van der Waals surface area contributed by atoms with Gasteiger partial charge in [-0.15, -0.1) is 0 Å². The molecule has 2 aromatic rings. The number of nitrogens with zero attached hydrogens (tertiary/aromatic N) is 2. The molecule has 2 aromatic carbocycles. The fourth-order valence-electron chi connectivity index (χ4n) is 4.07. The lowest BCUT2D eigenvalue weighted by molar-refractivity contribution is -0.121. The normalized spacial score (nSPS) is 22.6. The minimum Gasteiger partial charge on any atom is -0.494 e. The molecule has 2 aliphatic rings. The number of rotatable bonds is 3. The van der Waals surface area contributed by atoms with Gasteiger partial charge < -0.3 is 9.64 Å². The number of nitrogens with one attached hydrogen (secondary N) is 1. The van der Waals surface area contributed by atoms with E-state index in [1.807, 2.05) is 4.90 Å². The number of carbonyl (C=O) groups excluding carboxylic acids is 1. The van der Waals surface area contributed by atoms with Crippen LogP contribution in [0.25, 0.3) is 0 Å². The van der Waals surface area contributed by atoms with Gasteiger partial charge in [-0.25, -0.2) is 18.2 Å². The number of amides is 1. The van der Waals surface area contributed by atoms with Gasteiger partial charge in [0.15, 0.2) is 11.6 Å². The summed E-state index contributed by atoms with van der Waals surface area (Å²) in [5.74, 6) is -1.66. The van der Waals surface area contributed by atoms with Gasteiger partial charge in [-0.1, -0.05) is 0 Å². The van der Waals surface area contributed by atoms with Crippen LogP contribution in [0.3, 0.4) is 0 Å². The lowest BCUT2D eigenvalue weighted by Crippen LogP contribution is -2.53. The van der Waals surface area contributed by atoms with E-state index < -0.39 is 17.5 Å². The Kier molecular flexibility index (Phi) is 4.94.